The third-order valence-electron chi connectivity index (χ3n) is 15.7. The zero-order valence-electron chi connectivity index (χ0n) is 64.9. The van der Waals surface area contributed by atoms with Gasteiger partial charge in [0, 0.05) is 48.0 Å². The van der Waals surface area contributed by atoms with E-state index in [4.69, 9.17) is 123 Å². The second-order valence-electron chi connectivity index (χ2n) is 25.1. The molecule has 8 unspecified atom stereocenters. The normalized spacial score (nSPS) is 12.4. The number of nitro benzene ring substituents is 3. The van der Waals surface area contributed by atoms with E-state index < -0.39 is 145 Å². The fraction of sp³-hybridized carbons (Fsp3) is 0.260. The zero-order valence-corrected chi connectivity index (χ0v) is 68.5. The van der Waals surface area contributed by atoms with Gasteiger partial charge in [-0.1, -0.05) is 66.2 Å². The second kappa shape index (κ2) is 56.1. The topological polar surface area (TPSA) is 864 Å². The molecule has 0 spiro atoms. The van der Waals surface area contributed by atoms with Crippen molar-refractivity contribution in [3.05, 3.63) is 253 Å². The average molecular weight is 1820 g/mol. The lowest BCUT2D eigenvalue weighted by Gasteiger charge is -2.18. The summed E-state index contributed by atoms with van der Waals surface area (Å²) in [7, 11) is 1.43. The lowest BCUT2D eigenvalue weighted by atomic mass is 9.94. The molecule has 0 aliphatic heterocycles. The lowest BCUT2D eigenvalue weighted by Crippen LogP contribution is -2.46. The monoisotopic (exact) mass is 1820 g/mol. The summed E-state index contributed by atoms with van der Waals surface area (Å²) in [5.41, 5.74) is 45.0. The van der Waals surface area contributed by atoms with Crippen LogP contribution in [0.15, 0.2) is 161 Å². The number of halogens is 1. The molecule has 51 heteroatoms. The first-order valence-electron chi connectivity index (χ1n) is 34.2. The Morgan fingerprint density at radius 2 is 0.976 bits per heavy atom. The van der Waals surface area contributed by atoms with Gasteiger partial charge in [-0.2, -0.15) is 45.3 Å². The molecule has 0 aliphatic carbocycles. The van der Waals surface area contributed by atoms with Gasteiger partial charge < -0.3 is 122 Å². The number of nitrogens with one attached hydrogen (secondary N) is 1. The summed E-state index contributed by atoms with van der Waals surface area (Å²) in [4.78, 5) is 143. The number of hydrogen-bond donors (Lipinski definition) is 23. The van der Waals surface area contributed by atoms with Crippen LogP contribution in [0, 0.1) is 30.3 Å². The minimum absolute atomic E-state index is 0. The number of aliphatic hydroxyl groups is 3. The number of aliphatic hydroxyl groups excluding tert-OH is 3. The number of ether oxygens (including phenoxy) is 1. The SMILES string of the molecule is CC(N)(Cc1ccc(Cl)cc1)C(=O)O.COc1cc(CC(N)C(=O)O)ccc1O.NC(C(=O)O)C(O)c1ccc([N+](=O)[O-])cc1.NC(Cc1cc([N+](=O)[O-])c(O)c([N+](=O)[O-])c1)C(=O)O.NC(Cc1ccc(CO)cc1)C(=O)O.NC(Cn1ccc(=O)[nH]c1=O)C(=O)O.NCCc1ccc2nsnc2c1.N[C@H](C(=O)O)C(O)c1ccc(O)c(O)c1.O=C=O.S.S. The minimum Gasteiger partial charge on any atom is -0.504 e. The Kier molecular flexibility index (Phi) is 50.9. The maximum atomic E-state index is 11.1. The van der Waals surface area contributed by atoms with Crippen LogP contribution in [0.1, 0.15) is 63.6 Å². The highest BCUT2D eigenvalue weighted by atomic mass is 35.5. The number of nitrogens with zero attached hydrogens (tertiary/aromatic N) is 6. The molecule has 2 aromatic heterocycles. The molecule has 0 bridgehead atoms. The van der Waals surface area contributed by atoms with Crippen LogP contribution in [0.5, 0.6) is 28.7 Å². The van der Waals surface area contributed by atoms with Crippen molar-refractivity contribution < 1.29 is 134 Å². The number of H-pyrrole nitrogens is 1. The molecule has 9 atom stereocenters. The molecule has 0 aliphatic rings. The van der Waals surface area contributed by atoms with Crippen LogP contribution < -0.4 is 61.9 Å². The van der Waals surface area contributed by atoms with Crippen LogP contribution >= 0.6 is 50.3 Å². The maximum absolute atomic E-state index is 11.1. The van der Waals surface area contributed by atoms with Crippen molar-refractivity contribution in [1.29, 1.82) is 0 Å². The Bertz CT molecular complexity index is 5130. The number of nitrogens with two attached hydrogens (primary N) is 8. The van der Waals surface area contributed by atoms with Crippen LogP contribution in [0.4, 0.5) is 17.1 Å². The molecular formula is C73H90ClN15O32S3. The van der Waals surface area contributed by atoms with Gasteiger partial charge in [0.1, 0.15) is 65.0 Å². The Hall–Kier alpha value is -13.5. The van der Waals surface area contributed by atoms with Gasteiger partial charge in [0.05, 0.1) is 46.8 Å². The Morgan fingerprint density at radius 3 is 1.40 bits per heavy atom. The third kappa shape index (κ3) is 40.2. The van der Waals surface area contributed by atoms with Crippen LogP contribution in [-0.4, -0.2) is 208 Å². The van der Waals surface area contributed by atoms with Crippen molar-refractivity contribution in [1.82, 2.24) is 18.3 Å². The van der Waals surface area contributed by atoms with Gasteiger partial charge in [0.25, 0.3) is 17.0 Å². The fourth-order valence-electron chi connectivity index (χ4n) is 9.04. The van der Waals surface area contributed by atoms with Gasteiger partial charge in [-0.15, -0.1) is 0 Å². The first kappa shape index (κ1) is 113. The summed E-state index contributed by atoms with van der Waals surface area (Å²) >= 11 is 6.95. The van der Waals surface area contributed by atoms with E-state index in [1.807, 2.05) is 17.1 Å². The molecule has 0 saturated carbocycles. The molecule has 31 N–H and O–H groups in total. The summed E-state index contributed by atoms with van der Waals surface area (Å²) in [6.45, 7) is 1.99. The predicted octanol–water partition coefficient (Wildman–Crippen LogP) is 0.702. The van der Waals surface area contributed by atoms with E-state index in [1.165, 1.54) is 73.9 Å². The lowest BCUT2D eigenvalue weighted by molar-refractivity contribution is -0.396. The molecular weight excluding hydrogens is 1730 g/mol. The molecule has 0 radical (unpaired) electrons. The van der Waals surface area contributed by atoms with Crippen molar-refractivity contribution >= 4 is 126 Å². The largest absolute Gasteiger partial charge is 0.504 e. The fourth-order valence-corrected chi connectivity index (χ4v) is 9.69. The molecule has 124 heavy (non-hydrogen) atoms. The Labute approximate surface area is 722 Å². The molecule has 0 amide bonds. The number of methoxy groups -OCH3 is 1. The Balaban J connectivity index is 0. The number of carboxylic acids is 7. The molecule has 9 aromatic rings. The smallest absolute Gasteiger partial charge is 0.373 e. The number of aliphatic carboxylic acids is 7. The summed E-state index contributed by atoms with van der Waals surface area (Å²) in [6, 6.07) is 28.7. The summed E-state index contributed by atoms with van der Waals surface area (Å²) in [5, 5.41) is 157. The van der Waals surface area contributed by atoms with Gasteiger partial charge in [-0.25, -0.2) is 4.79 Å². The molecule has 47 nitrogen and oxygen atoms in total. The average Bonchev–Trinajstić information content (AvgIpc) is 0.972. The highest BCUT2D eigenvalue weighted by Crippen LogP contribution is 2.37. The summed E-state index contributed by atoms with van der Waals surface area (Å²) in [6.07, 6.45) is -0.00589. The van der Waals surface area contributed by atoms with E-state index in [0.717, 1.165) is 69.0 Å². The summed E-state index contributed by atoms with van der Waals surface area (Å²) < 4.78 is 14.2. The van der Waals surface area contributed by atoms with E-state index in [-0.39, 0.29) is 93.0 Å². The third-order valence-corrected chi connectivity index (χ3v) is 16.5. The van der Waals surface area contributed by atoms with Crippen molar-refractivity contribution in [2.24, 2.45) is 45.9 Å². The standard InChI is InChI=1S/C10H12ClNO2.C10H13NO4.C10H13NO3.C9H9N3O7.C9H10N2O5.C9H11NO5.C8H9N3S.C7H9N3O4.CO2.2H2S/c1-10(12,9(13)14)6-7-2-4-8(11)5-3-7;1-15-9-5-6(2-3-8(9)12)4-7(11)10(13)14;11-9(10(13)14)5-7-1-3-8(6-12)4-2-7;10-5(9(14)15)1-4-2-6(11(16)17)8(13)7(3-4)12(18)19;10-7(9(13)14)8(12)5-1-3-6(4-2-5)11(15)16;10-7(9(14)15)8(13)4-1-2-5(11)6(12)3-4;9-4-3-6-1-2-7-8(5-6)11-12-10-7;8-4(6(12)13)3-10-2-1-5(11)9-7(10)14;2-1-3;;/h2-5H,6,12H2,1H3,(H,13,14);2-3,5,7,12H,4,11H2,1H3,(H,13,14);1-4,9,12H,5-6,11H2,(H,13,14);2-3,5,13H,1,10H2,(H,14,15);1-4,7-8,12H,10H2,(H,13,14);1-3,7-8,11-13H,10H2,(H,14,15);1-2,5H,3-4,9H2;1-2,4H,3,8H2,(H,12,13)(H,9,11,14);;2*1H2/t;;;;;7-,8?;;;;;/m.....0...../s1. The predicted molar refractivity (Wildman–Crippen MR) is 449 cm³/mol. The van der Waals surface area contributed by atoms with Gasteiger partial charge in [0.15, 0.2) is 23.0 Å². The number of phenols is 4. The molecule has 2 heterocycles. The van der Waals surface area contributed by atoms with E-state index in [2.05, 4.69) is 14.8 Å². The number of benzene rings is 7. The number of aromatic nitrogens is 4. The van der Waals surface area contributed by atoms with Crippen LogP contribution in [0.25, 0.3) is 11.0 Å². The number of phenolic OH excluding ortho intramolecular Hbond substituents is 4. The minimum atomic E-state index is -1.48. The molecule has 9 rings (SSSR count). The number of aromatic amines is 1. The van der Waals surface area contributed by atoms with E-state index in [9.17, 15) is 93.9 Å². The summed E-state index contributed by atoms with van der Waals surface area (Å²) in [5.74, 6) is -9.86. The van der Waals surface area contributed by atoms with Crippen molar-refractivity contribution in [3.63, 3.8) is 0 Å². The number of rotatable bonds is 28. The highest BCUT2D eigenvalue weighted by Gasteiger charge is 2.30. The molecule has 0 fully saturated rings. The molecule has 0 saturated heterocycles. The first-order chi connectivity index (χ1) is 57.0. The maximum Gasteiger partial charge on any atom is 0.373 e. The number of carbonyl (C=O) groups excluding carboxylic acids is 2. The van der Waals surface area contributed by atoms with E-state index in [0.29, 0.717) is 35.7 Å². The number of non-ortho nitro benzene ring substituents is 1. The Morgan fingerprint density at radius 1 is 0.548 bits per heavy atom. The van der Waals surface area contributed by atoms with E-state index >= 15 is 0 Å². The highest BCUT2D eigenvalue weighted by molar-refractivity contribution is 7.59. The zero-order chi connectivity index (χ0) is 93.2. The van der Waals surface area contributed by atoms with Crippen LogP contribution in [-0.2, 0) is 88.4 Å². The number of nitro groups is 3. The van der Waals surface area contributed by atoms with Crippen molar-refractivity contribution in [2.45, 2.75) is 106 Å². The van der Waals surface area contributed by atoms with Crippen LogP contribution in [0.3, 0.4) is 0 Å². The van der Waals surface area contributed by atoms with Gasteiger partial charge in [0.2, 0.25) is 0 Å². The van der Waals surface area contributed by atoms with Gasteiger partial charge in [-0.3, -0.25) is 78.3 Å². The number of hydrogen-bond acceptors (Lipinski definition) is 36. The number of carbonyl (C=O) groups is 7. The van der Waals surface area contributed by atoms with Crippen molar-refractivity contribution in [2.75, 3.05) is 13.7 Å². The first-order valence-corrected chi connectivity index (χ1v) is 35.3. The second-order valence-corrected chi connectivity index (χ2v) is 26.0. The van der Waals surface area contributed by atoms with E-state index in [1.54, 1.807) is 60.7 Å². The quantitative estimate of drug-likeness (QED) is 0.0182. The van der Waals surface area contributed by atoms with Crippen molar-refractivity contribution in [3.8, 4) is 28.7 Å². The molecule has 674 valence electrons. The van der Waals surface area contributed by atoms with Crippen LogP contribution in [0.2, 0.25) is 5.02 Å². The number of carboxylic acid groups (broad SMARTS) is 7. The number of fused-ring (bicyclic) bond motifs is 1. The molecule has 7 aromatic carbocycles. The van der Waals surface area contributed by atoms with Gasteiger partial charge in [-0.05, 0) is 144 Å². The number of aromatic hydroxyl groups is 4. The van der Waals surface area contributed by atoms with Gasteiger partial charge >= 0.3 is 65.0 Å².